The number of thiophene rings is 2. The quantitative estimate of drug-likeness (QED) is 0.589. The Hall–Kier alpha value is -1.51. The van der Waals surface area contributed by atoms with Crippen LogP contribution in [-0.2, 0) is 22.3 Å². The van der Waals surface area contributed by atoms with Crippen molar-refractivity contribution in [3.8, 4) is 0 Å². The molecule has 2 aromatic heterocycles. The standard InChI is InChI=1S/C17H14ClNO3S3/c18-14-3-1-12(2-4-14)11-25(21,22)19-9-15-5-6-16(24-15)17(20)13-7-8-23-10-13/h1-8,10,19H,9,11H2. The lowest BCUT2D eigenvalue weighted by Gasteiger charge is -2.06. The normalized spacial score (nSPS) is 11.6. The molecule has 3 aromatic rings. The largest absolute Gasteiger partial charge is 0.288 e. The van der Waals surface area contributed by atoms with E-state index in [-0.39, 0.29) is 18.1 Å². The summed E-state index contributed by atoms with van der Waals surface area (Å²) in [7, 11) is -3.47. The third-order valence-electron chi connectivity index (χ3n) is 3.41. The summed E-state index contributed by atoms with van der Waals surface area (Å²) in [4.78, 5) is 13.7. The summed E-state index contributed by atoms with van der Waals surface area (Å²) in [6, 6.07) is 12.0. The molecule has 0 saturated carbocycles. The van der Waals surface area contributed by atoms with Crippen LogP contribution in [0.4, 0.5) is 0 Å². The predicted molar refractivity (Wildman–Crippen MR) is 103 cm³/mol. The first-order chi connectivity index (χ1) is 11.9. The Bertz CT molecular complexity index is 961. The molecule has 3 rings (SSSR count). The van der Waals surface area contributed by atoms with E-state index in [1.165, 1.54) is 22.7 Å². The van der Waals surface area contributed by atoms with Crippen molar-refractivity contribution < 1.29 is 13.2 Å². The van der Waals surface area contributed by atoms with E-state index in [1.54, 1.807) is 47.8 Å². The molecule has 0 unspecified atom stereocenters. The van der Waals surface area contributed by atoms with Crippen LogP contribution in [-0.4, -0.2) is 14.2 Å². The molecule has 4 nitrogen and oxygen atoms in total. The van der Waals surface area contributed by atoms with E-state index >= 15 is 0 Å². The van der Waals surface area contributed by atoms with E-state index in [4.69, 9.17) is 11.6 Å². The van der Waals surface area contributed by atoms with Crippen molar-refractivity contribution >= 4 is 50.1 Å². The van der Waals surface area contributed by atoms with Gasteiger partial charge in [-0.15, -0.1) is 11.3 Å². The van der Waals surface area contributed by atoms with Gasteiger partial charge in [0.15, 0.2) is 0 Å². The van der Waals surface area contributed by atoms with Gasteiger partial charge in [0, 0.05) is 27.4 Å². The van der Waals surface area contributed by atoms with Gasteiger partial charge in [0.2, 0.25) is 15.8 Å². The van der Waals surface area contributed by atoms with Gasteiger partial charge in [0.05, 0.1) is 10.6 Å². The molecular formula is C17H14ClNO3S3. The summed E-state index contributed by atoms with van der Waals surface area (Å²) in [6.07, 6.45) is 0. The maximum atomic E-state index is 12.3. The number of rotatable bonds is 7. The van der Waals surface area contributed by atoms with Crippen molar-refractivity contribution in [1.82, 2.24) is 4.72 Å². The van der Waals surface area contributed by atoms with Gasteiger partial charge in [0.25, 0.3) is 0 Å². The molecule has 0 bridgehead atoms. The van der Waals surface area contributed by atoms with Gasteiger partial charge in [-0.05, 0) is 41.3 Å². The van der Waals surface area contributed by atoms with E-state index in [0.29, 0.717) is 21.0 Å². The van der Waals surface area contributed by atoms with Crippen molar-refractivity contribution in [2.75, 3.05) is 0 Å². The van der Waals surface area contributed by atoms with Gasteiger partial charge in [-0.2, -0.15) is 11.3 Å². The molecule has 0 amide bonds. The van der Waals surface area contributed by atoms with Crippen LogP contribution in [0.15, 0.2) is 53.2 Å². The van der Waals surface area contributed by atoms with Gasteiger partial charge >= 0.3 is 0 Å². The fourth-order valence-corrected chi connectivity index (χ4v) is 5.03. The number of carbonyl (C=O) groups excluding carboxylic acids is 1. The topological polar surface area (TPSA) is 63.2 Å². The van der Waals surface area contributed by atoms with Crippen molar-refractivity contribution in [3.63, 3.8) is 0 Å². The fraction of sp³-hybridized carbons (Fsp3) is 0.118. The summed E-state index contributed by atoms with van der Waals surface area (Å²) < 4.78 is 26.9. The molecule has 0 spiro atoms. The lowest BCUT2D eigenvalue weighted by Crippen LogP contribution is -2.24. The number of hydrogen-bond acceptors (Lipinski definition) is 5. The smallest absolute Gasteiger partial charge is 0.216 e. The number of nitrogens with one attached hydrogen (secondary N) is 1. The zero-order valence-corrected chi connectivity index (χ0v) is 16.1. The van der Waals surface area contributed by atoms with E-state index in [1.807, 2.05) is 5.38 Å². The maximum Gasteiger partial charge on any atom is 0.216 e. The summed E-state index contributed by atoms with van der Waals surface area (Å²) in [5.74, 6) is -0.155. The number of ketones is 1. The Morgan fingerprint density at radius 3 is 2.52 bits per heavy atom. The van der Waals surface area contributed by atoms with E-state index in [0.717, 1.165) is 4.88 Å². The molecule has 0 atom stereocenters. The molecule has 1 aromatic carbocycles. The Kier molecular flexibility index (Phi) is 5.71. The van der Waals surface area contributed by atoms with E-state index in [9.17, 15) is 13.2 Å². The summed E-state index contributed by atoms with van der Waals surface area (Å²) >= 11 is 8.57. The molecule has 0 aliphatic rings. The lowest BCUT2D eigenvalue weighted by molar-refractivity contribution is 0.104. The average Bonchev–Trinajstić information content (AvgIpc) is 3.26. The highest BCUT2D eigenvalue weighted by atomic mass is 35.5. The second-order valence-corrected chi connectivity index (χ2v) is 9.51. The molecule has 0 saturated heterocycles. The first kappa shape index (κ1) is 18.3. The van der Waals surface area contributed by atoms with Crippen molar-refractivity contribution in [2.24, 2.45) is 0 Å². The molecule has 0 aliphatic heterocycles. The second kappa shape index (κ2) is 7.80. The number of halogens is 1. The first-order valence-corrected chi connectivity index (χ1v) is 11.1. The van der Waals surface area contributed by atoms with Crippen LogP contribution in [0.1, 0.15) is 25.7 Å². The van der Waals surface area contributed by atoms with Gasteiger partial charge in [-0.1, -0.05) is 23.7 Å². The molecule has 0 aliphatic carbocycles. The van der Waals surface area contributed by atoms with Crippen LogP contribution < -0.4 is 4.72 Å². The summed E-state index contributed by atoms with van der Waals surface area (Å²) in [5, 5.41) is 4.22. The minimum Gasteiger partial charge on any atom is -0.288 e. The van der Waals surface area contributed by atoms with Crippen LogP contribution in [0, 0.1) is 0 Å². The Balaban J connectivity index is 1.61. The number of hydrogen-bond donors (Lipinski definition) is 1. The molecule has 8 heteroatoms. The highest BCUT2D eigenvalue weighted by molar-refractivity contribution is 7.88. The van der Waals surface area contributed by atoms with Gasteiger partial charge in [-0.25, -0.2) is 13.1 Å². The zero-order chi connectivity index (χ0) is 17.9. The van der Waals surface area contributed by atoms with Crippen LogP contribution in [0.3, 0.4) is 0 Å². The van der Waals surface area contributed by atoms with Crippen LogP contribution in [0.5, 0.6) is 0 Å². The monoisotopic (exact) mass is 411 g/mol. The summed E-state index contributed by atoms with van der Waals surface area (Å²) in [5.41, 5.74) is 1.32. The Labute approximate surface area is 159 Å². The highest BCUT2D eigenvalue weighted by Gasteiger charge is 2.15. The lowest BCUT2D eigenvalue weighted by atomic mass is 10.2. The Morgan fingerprint density at radius 1 is 1.08 bits per heavy atom. The SMILES string of the molecule is O=C(c1ccsc1)c1ccc(CNS(=O)(=O)Cc2ccc(Cl)cc2)s1. The van der Waals surface area contributed by atoms with E-state index in [2.05, 4.69) is 4.72 Å². The number of carbonyl (C=O) groups is 1. The first-order valence-electron chi connectivity index (χ1n) is 7.30. The fourth-order valence-electron chi connectivity index (χ4n) is 2.16. The van der Waals surface area contributed by atoms with Gasteiger partial charge in [0.1, 0.15) is 0 Å². The molecule has 130 valence electrons. The molecule has 0 fully saturated rings. The molecule has 0 radical (unpaired) electrons. The van der Waals surface area contributed by atoms with Crippen molar-refractivity contribution in [1.29, 1.82) is 0 Å². The number of benzene rings is 1. The van der Waals surface area contributed by atoms with Crippen LogP contribution in [0.25, 0.3) is 0 Å². The third kappa shape index (κ3) is 4.99. The Morgan fingerprint density at radius 2 is 1.84 bits per heavy atom. The predicted octanol–water partition coefficient (Wildman–Crippen LogP) is 4.31. The van der Waals surface area contributed by atoms with Crippen LogP contribution >= 0.6 is 34.3 Å². The average molecular weight is 412 g/mol. The second-order valence-electron chi connectivity index (χ2n) is 5.31. The molecule has 2 heterocycles. The summed E-state index contributed by atoms with van der Waals surface area (Å²) in [6.45, 7) is 0.164. The third-order valence-corrected chi connectivity index (χ3v) is 6.72. The van der Waals surface area contributed by atoms with E-state index < -0.39 is 10.0 Å². The number of sulfonamides is 1. The minimum atomic E-state index is -3.47. The van der Waals surface area contributed by atoms with Gasteiger partial charge < -0.3 is 0 Å². The minimum absolute atomic E-state index is 0.0403. The molecule has 25 heavy (non-hydrogen) atoms. The zero-order valence-electron chi connectivity index (χ0n) is 12.9. The highest BCUT2D eigenvalue weighted by Crippen LogP contribution is 2.21. The molecular weight excluding hydrogens is 398 g/mol. The van der Waals surface area contributed by atoms with Crippen molar-refractivity contribution in [3.05, 3.63) is 79.1 Å². The maximum absolute atomic E-state index is 12.3. The van der Waals surface area contributed by atoms with Crippen LogP contribution in [0.2, 0.25) is 5.02 Å². The van der Waals surface area contributed by atoms with Gasteiger partial charge in [-0.3, -0.25) is 4.79 Å². The van der Waals surface area contributed by atoms with Crippen molar-refractivity contribution in [2.45, 2.75) is 12.3 Å². The molecule has 1 N–H and O–H groups in total.